The van der Waals surface area contributed by atoms with Crippen molar-refractivity contribution in [3.8, 4) is 11.5 Å². The number of nitro benzene ring substituents is 2. The zero-order chi connectivity index (χ0) is 30.0. The minimum atomic E-state index is -0.846. The van der Waals surface area contributed by atoms with Gasteiger partial charge in [0.05, 0.1) is 32.3 Å². The van der Waals surface area contributed by atoms with Crippen molar-refractivity contribution in [1.29, 1.82) is 0 Å². The van der Waals surface area contributed by atoms with Gasteiger partial charge in [0.2, 0.25) is 5.75 Å². The Labute approximate surface area is 241 Å². The number of benzene rings is 4. The van der Waals surface area contributed by atoms with E-state index >= 15 is 0 Å². The maximum atomic E-state index is 13.5. The van der Waals surface area contributed by atoms with Gasteiger partial charge in [-0.3, -0.25) is 29.8 Å². The van der Waals surface area contributed by atoms with Crippen LogP contribution in [0.4, 0.5) is 27.5 Å². The number of anilines is 2. The van der Waals surface area contributed by atoms with Gasteiger partial charge in [-0.05, 0) is 54.1 Å². The lowest BCUT2D eigenvalue weighted by molar-refractivity contribution is -0.394. The van der Waals surface area contributed by atoms with Crippen LogP contribution in [0, 0.1) is 20.2 Å². The number of rotatable bonds is 7. The summed E-state index contributed by atoms with van der Waals surface area (Å²) < 4.78 is 5.58. The number of ether oxygens (including phenoxy) is 1. The number of amides is 4. The summed E-state index contributed by atoms with van der Waals surface area (Å²) in [4.78, 5) is 63.1. The number of halogens is 1. The average molecular weight is 585 g/mol. The standard InChI is InChI=1S/C29H17ClN4O8/c30-23-16-18(11-13-25(23)42-26-14-12-21(33(38)39)17-24(26)34(40)41)15-22-27(35)31(19-7-3-1-4-8-19)29(37)32(28(22)36)20-9-5-2-6-10-20/h1-17H. The molecular formula is C29H17ClN4O8. The van der Waals surface area contributed by atoms with Gasteiger partial charge in [-0.2, -0.15) is 0 Å². The van der Waals surface area contributed by atoms with Crippen molar-refractivity contribution in [2.45, 2.75) is 0 Å². The van der Waals surface area contributed by atoms with Crippen molar-refractivity contribution in [2.24, 2.45) is 0 Å². The SMILES string of the molecule is O=C1C(=Cc2ccc(Oc3ccc([N+](=O)[O-])cc3[N+](=O)[O-])c(Cl)c2)C(=O)N(c2ccccc2)C(=O)N1c1ccccc1. The molecule has 0 N–H and O–H groups in total. The van der Waals surface area contributed by atoms with Crippen molar-refractivity contribution in [3.05, 3.63) is 133 Å². The molecule has 1 aliphatic heterocycles. The molecule has 0 atom stereocenters. The van der Waals surface area contributed by atoms with E-state index in [-0.39, 0.29) is 39.0 Å². The van der Waals surface area contributed by atoms with Gasteiger partial charge in [0.25, 0.3) is 17.5 Å². The number of para-hydroxylation sites is 2. The quantitative estimate of drug-likeness (QED) is 0.103. The van der Waals surface area contributed by atoms with Gasteiger partial charge in [0, 0.05) is 6.07 Å². The first kappa shape index (κ1) is 27.7. The van der Waals surface area contributed by atoms with Crippen LogP contribution in [0.3, 0.4) is 0 Å². The number of imide groups is 2. The fourth-order valence-corrected chi connectivity index (χ4v) is 4.39. The van der Waals surface area contributed by atoms with Gasteiger partial charge < -0.3 is 4.74 Å². The molecule has 1 saturated heterocycles. The second kappa shape index (κ2) is 11.3. The van der Waals surface area contributed by atoms with Gasteiger partial charge in [-0.15, -0.1) is 0 Å². The third-order valence-corrected chi connectivity index (χ3v) is 6.41. The Kier molecular flexibility index (Phi) is 7.45. The summed E-state index contributed by atoms with van der Waals surface area (Å²) in [6.45, 7) is 0. The third-order valence-electron chi connectivity index (χ3n) is 6.12. The Morgan fingerprint density at radius 1 is 0.690 bits per heavy atom. The Bertz CT molecular complexity index is 1730. The number of carbonyl (C=O) groups excluding carboxylic acids is 3. The Balaban J connectivity index is 1.52. The van der Waals surface area contributed by atoms with E-state index in [4.69, 9.17) is 16.3 Å². The molecule has 42 heavy (non-hydrogen) atoms. The van der Waals surface area contributed by atoms with Crippen LogP contribution in [0.2, 0.25) is 5.02 Å². The van der Waals surface area contributed by atoms with Gasteiger partial charge in [-0.25, -0.2) is 14.6 Å². The van der Waals surface area contributed by atoms with Crippen molar-refractivity contribution < 1.29 is 29.0 Å². The minimum Gasteiger partial charge on any atom is -0.449 e. The fourth-order valence-electron chi connectivity index (χ4n) is 4.16. The van der Waals surface area contributed by atoms with E-state index in [9.17, 15) is 34.6 Å². The lowest BCUT2D eigenvalue weighted by Crippen LogP contribution is -2.57. The summed E-state index contributed by atoms with van der Waals surface area (Å²) in [6.07, 6.45) is 1.27. The molecule has 0 aromatic heterocycles. The lowest BCUT2D eigenvalue weighted by Gasteiger charge is -2.33. The lowest BCUT2D eigenvalue weighted by atomic mass is 10.0. The Morgan fingerprint density at radius 2 is 1.24 bits per heavy atom. The highest BCUT2D eigenvalue weighted by atomic mass is 35.5. The number of nitrogens with zero attached hydrogens (tertiary/aromatic N) is 4. The molecule has 1 aliphatic rings. The molecule has 208 valence electrons. The predicted octanol–water partition coefficient (Wildman–Crippen LogP) is 6.53. The van der Waals surface area contributed by atoms with E-state index in [2.05, 4.69) is 0 Å². The van der Waals surface area contributed by atoms with Gasteiger partial charge in [-0.1, -0.05) is 54.1 Å². The summed E-state index contributed by atoms with van der Waals surface area (Å²) in [7, 11) is 0. The molecule has 4 aromatic rings. The topological polar surface area (TPSA) is 153 Å². The number of hydrogen-bond donors (Lipinski definition) is 0. The summed E-state index contributed by atoms with van der Waals surface area (Å²) in [5.74, 6) is -2.00. The van der Waals surface area contributed by atoms with Gasteiger partial charge in [0.1, 0.15) is 11.3 Å². The molecule has 0 radical (unpaired) electrons. The first-order valence-corrected chi connectivity index (χ1v) is 12.5. The van der Waals surface area contributed by atoms with Crippen molar-refractivity contribution >= 4 is 58.3 Å². The van der Waals surface area contributed by atoms with Crippen LogP contribution in [0.15, 0.2) is 103 Å². The van der Waals surface area contributed by atoms with Crippen LogP contribution >= 0.6 is 11.6 Å². The van der Waals surface area contributed by atoms with Crippen molar-refractivity contribution in [2.75, 3.05) is 9.80 Å². The maximum absolute atomic E-state index is 13.5. The largest absolute Gasteiger partial charge is 0.449 e. The Morgan fingerprint density at radius 3 is 1.74 bits per heavy atom. The summed E-state index contributed by atoms with van der Waals surface area (Å²) in [5, 5.41) is 22.4. The van der Waals surface area contributed by atoms with E-state index in [0.29, 0.717) is 0 Å². The van der Waals surface area contributed by atoms with Crippen LogP contribution in [0.25, 0.3) is 6.08 Å². The molecule has 0 bridgehead atoms. The van der Waals surface area contributed by atoms with E-state index in [1.807, 2.05) is 0 Å². The first-order chi connectivity index (χ1) is 20.2. The van der Waals surface area contributed by atoms with Crippen molar-refractivity contribution in [3.63, 3.8) is 0 Å². The summed E-state index contributed by atoms with van der Waals surface area (Å²) in [6, 6.07) is 22.5. The molecule has 4 amide bonds. The molecule has 0 saturated carbocycles. The number of barbiturate groups is 1. The van der Waals surface area contributed by atoms with E-state index in [1.54, 1.807) is 60.7 Å². The zero-order valence-electron chi connectivity index (χ0n) is 21.2. The summed E-state index contributed by atoms with van der Waals surface area (Å²) in [5.41, 5.74) is -0.639. The molecule has 0 aliphatic carbocycles. The fraction of sp³-hybridized carbons (Fsp3) is 0. The van der Waals surface area contributed by atoms with Crippen LogP contribution < -0.4 is 14.5 Å². The van der Waals surface area contributed by atoms with Crippen LogP contribution in [-0.2, 0) is 9.59 Å². The molecule has 1 heterocycles. The normalized spacial score (nSPS) is 13.3. The van der Waals surface area contributed by atoms with Crippen LogP contribution in [-0.4, -0.2) is 27.7 Å². The van der Waals surface area contributed by atoms with Gasteiger partial charge in [0.15, 0.2) is 0 Å². The molecule has 0 spiro atoms. The average Bonchev–Trinajstić information content (AvgIpc) is 2.97. The third kappa shape index (κ3) is 5.29. The number of nitro groups is 2. The minimum absolute atomic E-state index is 0.0240. The molecule has 1 fully saturated rings. The molecule has 12 nitrogen and oxygen atoms in total. The molecule has 4 aromatic carbocycles. The number of non-ortho nitro benzene ring substituents is 1. The van der Waals surface area contributed by atoms with Gasteiger partial charge >= 0.3 is 11.7 Å². The highest BCUT2D eigenvalue weighted by Gasteiger charge is 2.43. The second-order valence-corrected chi connectivity index (χ2v) is 9.16. The summed E-state index contributed by atoms with van der Waals surface area (Å²) >= 11 is 6.38. The molecule has 13 heteroatoms. The van der Waals surface area contributed by atoms with Crippen molar-refractivity contribution in [1.82, 2.24) is 0 Å². The van der Waals surface area contributed by atoms with E-state index in [0.717, 1.165) is 28.0 Å². The number of hydrogen-bond acceptors (Lipinski definition) is 8. The first-order valence-electron chi connectivity index (χ1n) is 12.1. The molecular weight excluding hydrogens is 568 g/mol. The number of urea groups is 1. The highest BCUT2D eigenvalue weighted by Crippen LogP contribution is 2.38. The smallest absolute Gasteiger partial charge is 0.343 e. The zero-order valence-corrected chi connectivity index (χ0v) is 22.0. The highest BCUT2D eigenvalue weighted by molar-refractivity contribution is 6.46. The predicted molar refractivity (Wildman–Crippen MR) is 153 cm³/mol. The van der Waals surface area contributed by atoms with Crippen LogP contribution in [0.1, 0.15) is 5.56 Å². The monoisotopic (exact) mass is 584 g/mol. The van der Waals surface area contributed by atoms with Crippen LogP contribution in [0.5, 0.6) is 11.5 Å². The molecule has 0 unspecified atom stereocenters. The second-order valence-electron chi connectivity index (χ2n) is 8.75. The van der Waals surface area contributed by atoms with E-state index < -0.39 is 39.1 Å². The number of carbonyl (C=O) groups is 3. The maximum Gasteiger partial charge on any atom is 0.343 e. The molecule has 5 rings (SSSR count). The van der Waals surface area contributed by atoms with E-state index in [1.165, 1.54) is 24.3 Å². The Hall–Kier alpha value is -5.88.